The maximum Gasteiger partial charge on any atom is 0.0342 e. The van der Waals surface area contributed by atoms with Crippen molar-refractivity contribution in [3.05, 3.63) is 35.7 Å². The Morgan fingerprint density at radius 2 is 2.42 bits per heavy atom. The molecule has 64 valence electrons. The first-order valence-electron chi connectivity index (χ1n) is 3.97. The van der Waals surface area contributed by atoms with E-state index in [1.165, 1.54) is 11.1 Å². The Bertz CT molecular complexity index is 268. The van der Waals surface area contributed by atoms with Gasteiger partial charge < -0.3 is 0 Å². The molecule has 0 atom stereocenters. The number of aromatic nitrogens is 1. The maximum atomic E-state index is 5.54. The fourth-order valence-corrected chi connectivity index (χ4v) is 1.05. The first-order valence-corrected chi connectivity index (χ1v) is 4.51. The van der Waals surface area contributed by atoms with Crippen LogP contribution in [0, 0.1) is 6.92 Å². The molecule has 0 radical (unpaired) electrons. The quantitative estimate of drug-likeness (QED) is 0.654. The Balaban J connectivity index is 2.68. The number of pyridine rings is 1. The number of nitrogens with zero attached hydrogens (tertiary/aromatic N) is 1. The van der Waals surface area contributed by atoms with Crippen molar-refractivity contribution in [1.29, 1.82) is 0 Å². The van der Waals surface area contributed by atoms with E-state index in [-0.39, 0.29) is 0 Å². The van der Waals surface area contributed by atoms with Crippen LogP contribution >= 0.6 is 11.6 Å². The molecule has 0 N–H and O–H groups in total. The van der Waals surface area contributed by atoms with E-state index in [2.05, 4.69) is 24.1 Å². The van der Waals surface area contributed by atoms with E-state index in [0.717, 1.165) is 6.42 Å². The van der Waals surface area contributed by atoms with Crippen molar-refractivity contribution >= 4 is 17.7 Å². The molecule has 1 rings (SSSR count). The van der Waals surface area contributed by atoms with Crippen molar-refractivity contribution in [2.75, 3.05) is 5.88 Å². The Hall–Kier alpha value is -0.820. The smallest absolute Gasteiger partial charge is 0.0342 e. The fourth-order valence-electron chi connectivity index (χ4n) is 0.924. The standard InChI is InChI=1S/C10H12ClN/c1-9-5-7-12-8-10(9)4-2-3-6-11/h2,4-5,7-8H,3,6H2,1H3. The monoisotopic (exact) mass is 181 g/mol. The van der Waals surface area contributed by atoms with E-state index in [4.69, 9.17) is 11.6 Å². The lowest BCUT2D eigenvalue weighted by Crippen LogP contribution is -1.81. The second-order valence-corrected chi connectivity index (χ2v) is 2.99. The Kier molecular flexibility index (Phi) is 3.81. The summed E-state index contributed by atoms with van der Waals surface area (Å²) >= 11 is 5.54. The first kappa shape index (κ1) is 9.27. The van der Waals surface area contributed by atoms with Gasteiger partial charge in [-0.15, -0.1) is 11.6 Å². The molecule has 1 aromatic heterocycles. The van der Waals surface area contributed by atoms with Crippen molar-refractivity contribution in [2.24, 2.45) is 0 Å². The van der Waals surface area contributed by atoms with Gasteiger partial charge in [0, 0.05) is 18.3 Å². The summed E-state index contributed by atoms with van der Waals surface area (Å²) in [6, 6.07) is 2.00. The highest BCUT2D eigenvalue weighted by atomic mass is 35.5. The molecule has 0 fully saturated rings. The highest BCUT2D eigenvalue weighted by Crippen LogP contribution is 2.07. The summed E-state index contributed by atoms with van der Waals surface area (Å²) in [7, 11) is 0. The minimum Gasteiger partial charge on any atom is -0.264 e. The lowest BCUT2D eigenvalue weighted by molar-refractivity contribution is 1.23. The van der Waals surface area contributed by atoms with Crippen molar-refractivity contribution in [1.82, 2.24) is 4.98 Å². The molecule has 1 nitrogen and oxygen atoms in total. The second-order valence-electron chi connectivity index (χ2n) is 2.61. The van der Waals surface area contributed by atoms with E-state index in [1.54, 1.807) is 6.20 Å². The molecule has 0 aliphatic heterocycles. The van der Waals surface area contributed by atoms with Gasteiger partial charge in [0.15, 0.2) is 0 Å². The van der Waals surface area contributed by atoms with Crippen LogP contribution in [0.3, 0.4) is 0 Å². The number of alkyl halides is 1. The summed E-state index contributed by atoms with van der Waals surface area (Å²) in [5.41, 5.74) is 2.42. The van der Waals surface area contributed by atoms with Crippen molar-refractivity contribution in [3.63, 3.8) is 0 Å². The molecule has 0 bridgehead atoms. The van der Waals surface area contributed by atoms with Crippen LogP contribution in [0.2, 0.25) is 0 Å². The van der Waals surface area contributed by atoms with Gasteiger partial charge in [0.1, 0.15) is 0 Å². The molecule has 0 saturated heterocycles. The van der Waals surface area contributed by atoms with Crippen LogP contribution in [0.4, 0.5) is 0 Å². The first-order chi connectivity index (χ1) is 5.84. The summed E-state index contributed by atoms with van der Waals surface area (Å²) in [6.07, 6.45) is 8.70. The topological polar surface area (TPSA) is 12.9 Å². The average Bonchev–Trinajstić information content (AvgIpc) is 2.09. The molecule has 0 unspecified atom stereocenters. The molecule has 0 spiro atoms. The predicted octanol–water partition coefficient (Wildman–Crippen LogP) is 3.03. The molecular formula is C10H12ClN. The van der Waals surface area contributed by atoms with Gasteiger partial charge in [0.2, 0.25) is 0 Å². The molecule has 0 saturated carbocycles. The molecule has 0 aliphatic rings. The maximum absolute atomic E-state index is 5.54. The Labute approximate surface area is 78.1 Å². The molecular weight excluding hydrogens is 170 g/mol. The third kappa shape index (κ3) is 2.67. The van der Waals surface area contributed by atoms with Gasteiger partial charge in [0.25, 0.3) is 0 Å². The summed E-state index contributed by atoms with van der Waals surface area (Å²) in [6.45, 7) is 2.07. The van der Waals surface area contributed by atoms with Crippen molar-refractivity contribution in [3.8, 4) is 0 Å². The Morgan fingerprint density at radius 1 is 1.58 bits per heavy atom. The highest BCUT2D eigenvalue weighted by Gasteiger charge is 1.90. The third-order valence-electron chi connectivity index (χ3n) is 1.65. The van der Waals surface area contributed by atoms with Crippen LogP contribution in [0.5, 0.6) is 0 Å². The number of aryl methyl sites for hydroxylation is 1. The van der Waals surface area contributed by atoms with Gasteiger partial charge >= 0.3 is 0 Å². The minimum atomic E-state index is 0.676. The zero-order valence-electron chi connectivity index (χ0n) is 7.13. The van der Waals surface area contributed by atoms with Gasteiger partial charge in [-0.2, -0.15) is 0 Å². The van der Waals surface area contributed by atoms with E-state index in [1.807, 2.05) is 12.3 Å². The average molecular weight is 182 g/mol. The van der Waals surface area contributed by atoms with E-state index in [0.29, 0.717) is 5.88 Å². The van der Waals surface area contributed by atoms with Crippen LogP contribution in [0.25, 0.3) is 6.08 Å². The van der Waals surface area contributed by atoms with Gasteiger partial charge in [-0.25, -0.2) is 0 Å². The number of hydrogen-bond acceptors (Lipinski definition) is 1. The predicted molar refractivity (Wildman–Crippen MR) is 53.3 cm³/mol. The van der Waals surface area contributed by atoms with Crippen LogP contribution in [0.15, 0.2) is 24.5 Å². The van der Waals surface area contributed by atoms with Gasteiger partial charge in [-0.3, -0.25) is 4.98 Å². The molecule has 12 heavy (non-hydrogen) atoms. The lowest BCUT2D eigenvalue weighted by Gasteiger charge is -1.96. The van der Waals surface area contributed by atoms with Gasteiger partial charge in [0.05, 0.1) is 0 Å². The lowest BCUT2D eigenvalue weighted by atomic mass is 10.1. The van der Waals surface area contributed by atoms with Crippen LogP contribution in [0.1, 0.15) is 17.5 Å². The zero-order valence-corrected chi connectivity index (χ0v) is 7.88. The van der Waals surface area contributed by atoms with E-state index in [9.17, 15) is 0 Å². The van der Waals surface area contributed by atoms with Crippen LogP contribution < -0.4 is 0 Å². The van der Waals surface area contributed by atoms with E-state index >= 15 is 0 Å². The molecule has 1 aromatic rings. The van der Waals surface area contributed by atoms with Crippen molar-refractivity contribution in [2.45, 2.75) is 13.3 Å². The number of hydrogen-bond donors (Lipinski definition) is 0. The highest BCUT2D eigenvalue weighted by molar-refractivity contribution is 6.17. The summed E-state index contributed by atoms with van der Waals surface area (Å²) in [4.78, 5) is 4.04. The number of allylic oxidation sites excluding steroid dienone is 1. The van der Waals surface area contributed by atoms with Gasteiger partial charge in [-0.05, 0) is 30.5 Å². The third-order valence-corrected chi connectivity index (χ3v) is 1.87. The summed E-state index contributed by atoms with van der Waals surface area (Å²) in [5.74, 6) is 0.676. The number of rotatable bonds is 3. The SMILES string of the molecule is Cc1ccncc1C=CCCCl. The van der Waals surface area contributed by atoms with E-state index < -0.39 is 0 Å². The molecule has 2 heteroatoms. The Morgan fingerprint density at radius 3 is 3.08 bits per heavy atom. The summed E-state index contributed by atoms with van der Waals surface area (Å²) in [5, 5.41) is 0. The largest absolute Gasteiger partial charge is 0.264 e. The molecule has 0 aromatic carbocycles. The second kappa shape index (κ2) is 4.94. The van der Waals surface area contributed by atoms with Crippen LogP contribution in [-0.4, -0.2) is 10.9 Å². The molecule has 0 aliphatic carbocycles. The molecule has 1 heterocycles. The zero-order chi connectivity index (χ0) is 8.81. The van der Waals surface area contributed by atoms with Gasteiger partial charge in [-0.1, -0.05) is 12.2 Å². The fraction of sp³-hybridized carbons (Fsp3) is 0.300. The molecule has 0 amide bonds. The van der Waals surface area contributed by atoms with Crippen molar-refractivity contribution < 1.29 is 0 Å². The normalized spacial score (nSPS) is 10.8. The van der Waals surface area contributed by atoms with Crippen LogP contribution in [-0.2, 0) is 0 Å². The minimum absolute atomic E-state index is 0.676. The summed E-state index contributed by atoms with van der Waals surface area (Å²) < 4.78 is 0. The number of halogens is 1.